The molecule has 0 aromatic heterocycles. The van der Waals surface area contributed by atoms with Gasteiger partial charge in [-0.1, -0.05) is 12.1 Å². The first-order chi connectivity index (χ1) is 13.7. The van der Waals surface area contributed by atoms with E-state index >= 15 is 0 Å². The number of rotatable bonds is 6. The van der Waals surface area contributed by atoms with Crippen molar-refractivity contribution in [3.05, 3.63) is 54.1 Å². The van der Waals surface area contributed by atoms with Crippen LogP contribution >= 0.6 is 0 Å². The van der Waals surface area contributed by atoms with Gasteiger partial charge in [0.15, 0.2) is 23.1 Å². The summed E-state index contributed by atoms with van der Waals surface area (Å²) in [5, 5.41) is 2.61. The van der Waals surface area contributed by atoms with Gasteiger partial charge >= 0.3 is 0 Å². The van der Waals surface area contributed by atoms with Gasteiger partial charge in [-0.05, 0) is 31.2 Å². The molecule has 0 saturated heterocycles. The Morgan fingerprint density at radius 3 is 2.55 bits per heavy atom. The molecule has 0 fully saturated rings. The van der Waals surface area contributed by atoms with Gasteiger partial charge in [0.2, 0.25) is 15.9 Å². The molecule has 1 amide bonds. The predicted molar refractivity (Wildman–Crippen MR) is 103 cm³/mol. The summed E-state index contributed by atoms with van der Waals surface area (Å²) in [4.78, 5) is 12.6. The minimum atomic E-state index is -3.95. The molecule has 1 N–H and O–H groups in total. The Labute approximate surface area is 167 Å². The number of sulfonamides is 1. The molecule has 2 aromatic carbocycles. The molecule has 3 rings (SSSR count). The predicted octanol–water partition coefficient (Wildman–Crippen LogP) is 2.08. The summed E-state index contributed by atoms with van der Waals surface area (Å²) in [5.74, 6) is -1.80. The third kappa shape index (κ3) is 4.76. The molecule has 0 radical (unpaired) electrons. The maximum Gasteiger partial charge on any atom is 0.243 e. The van der Waals surface area contributed by atoms with Gasteiger partial charge in [0.1, 0.15) is 18.8 Å². The fraction of sp³-hybridized carbons (Fsp3) is 0.316. The number of amides is 1. The molecular formula is C19H20F2N2O5S. The maximum atomic E-state index is 13.6. The van der Waals surface area contributed by atoms with Crippen LogP contribution in [0.5, 0.6) is 11.5 Å². The summed E-state index contributed by atoms with van der Waals surface area (Å²) in [5.41, 5.74) is -0.153. The lowest BCUT2D eigenvalue weighted by Crippen LogP contribution is -2.50. The van der Waals surface area contributed by atoms with E-state index in [1.807, 2.05) is 6.07 Å². The van der Waals surface area contributed by atoms with Gasteiger partial charge in [0.05, 0.1) is 18.5 Å². The zero-order valence-electron chi connectivity index (χ0n) is 15.8. The van der Waals surface area contributed by atoms with E-state index in [0.29, 0.717) is 11.5 Å². The number of carbonyl (C=O) groups excluding carboxylic acids is 1. The summed E-state index contributed by atoms with van der Waals surface area (Å²) in [6, 6.07) is 8.53. The van der Waals surface area contributed by atoms with Crippen LogP contribution < -0.4 is 19.1 Å². The van der Waals surface area contributed by atoms with Crippen molar-refractivity contribution in [2.45, 2.75) is 19.1 Å². The van der Waals surface area contributed by atoms with Gasteiger partial charge < -0.3 is 14.8 Å². The number of hydrogen-bond donors (Lipinski definition) is 1. The van der Waals surface area contributed by atoms with Gasteiger partial charge in [0.25, 0.3) is 0 Å². The lowest BCUT2D eigenvalue weighted by atomic mass is 10.2. The van der Waals surface area contributed by atoms with E-state index in [-0.39, 0.29) is 18.8 Å². The lowest BCUT2D eigenvalue weighted by Gasteiger charge is -2.30. The van der Waals surface area contributed by atoms with E-state index in [1.165, 1.54) is 6.92 Å². The summed E-state index contributed by atoms with van der Waals surface area (Å²) in [7, 11) is -3.95. The number of hydrogen-bond acceptors (Lipinski definition) is 5. The van der Waals surface area contributed by atoms with Gasteiger partial charge in [-0.15, -0.1) is 0 Å². The molecule has 1 aliphatic rings. The fourth-order valence-electron chi connectivity index (χ4n) is 2.96. The molecule has 2 atom stereocenters. The number of benzene rings is 2. The Bertz CT molecular complexity index is 1020. The quantitative estimate of drug-likeness (QED) is 0.765. The number of anilines is 1. The van der Waals surface area contributed by atoms with Crippen molar-refractivity contribution in [3.63, 3.8) is 0 Å². The number of para-hydroxylation sites is 2. The maximum absolute atomic E-state index is 13.6. The van der Waals surface area contributed by atoms with Crippen LogP contribution in [0.15, 0.2) is 42.5 Å². The molecule has 29 heavy (non-hydrogen) atoms. The number of nitrogens with zero attached hydrogens (tertiary/aromatic N) is 1. The molecule has 7 nitrogen and oxygen atoms in total. The van der Waals surface area contributed by atoms with Gasteiger partial charge in [0, 0.05) is 6.07 Å². The third-order valence-corrected chi connectivity index (χ3v) is 5.56. The Hall–Kier alpha value is -2.88. The minimum Gasteiger partial charge on any atom is -0.486 e. The topological polar surface area (TPSA) is 84.9 Å². The van der Waals surface area contributed by atoms with Crippen LogP contribution in [0.2, 0.25) is 0 Å². The number of ether oxygens (including phenoxy) is 2. The summed E-state index contributed by atoms with van der Waals surface area (Å²) < 4.78 is 63.2. The van der Waals surface area contributed by atoms with Crippen molar-refractivity contribution in [2.24, 2.45) is 0 Å². The number of halogens is 2. The highest BCUT2D eigenvalue weighted by Gasteiger charge is 2.30. The Balaban J connectivity index is 1.69. The van der Waals surface area contributed by atoms with E-state index in [2.05, 4.69) is 5.32 Å². The molecule has 0 saturated carbocycles. The molecular weight excluding hydrogens is 406 g/mol. The molecule has 1 heterocycles. The van der Waals surface area contributed by atoms with Crippen molar-refractivity contribution < 1.29 is 31.5 Å². The van der Waals surface area contributed by atoms with Crippen LogP contribution in [0.4, 0.5) is 14.5 Å². The van der Waals surface area contributed by atoms with Crippen LogP contribution in [0.1, 0.15) is 6.92 Å². The summed E-state index contributed by atoms with van der Waals surface area (Å²) in [6.07, 6.45) is 0.420. The molecule has 0 unspecified atom stereocenters. The van der Waals surface area contributed by atoms with Crippen molar-refractivity contribution in [1.82, 2.24) is 5.32 Å². The lowest BCUT2D eigenvalue weighted by molar-refractivity contribution is -0.122. The first kappa shape index (κ1) is 20.8. The number of fused-ring (bicyclic) bond motifs is 1. The van der Waals surface area contributed by atoms with Crippen molar-refractivity contribution in [2.75, 3.05) is 23.7 Å². The third-order valence-electron chi connectivity index (χ3n) is 4.32. The van der Waals surface area contributed by atoms with Gasteiger partial charge in [-0.3, -0.25) is 9.10 Å². The SMILES string of the molecule is C[C@H](C(=O)NC[C@@H]1COc2ccccc2O1)N(c1ccc(F)c(F)c1)S(C)(=O)=O. The van der Waals surface area contributed by atoms with Crippen molar-refractivity contribution >= 4 is 21.6 Å². The highest BCUT2D eigenvalue weighted by molar-refractivity contribution is 7.92. The van der Waals surface area contributed by atoms with Crippen molar-refractivity contribution in [3.8, 4) is 11.5 Å². The molecule has 1 aliphatic heterocycles. The Morgan fingerprint density at radius 1 is 1.21 bits per heavy atom. The molecule has 156 valence electrons. The second-order valence-corrected chi connectivity index (χ2v) is 8.44. The fourth-order valence-corrected chi connectivity index (χ4v) is 4.12. The van der Waals surface area contributed by atoms with Crippen molar-refractivity contribution in [1.29, 1.82) is 0 Å². The van der Waals surface area contributed by atoms with Gasteiger partial charge in [-0.2, -0.15) is 0 Å². The second-order valence-electron chi connectivity index (χ2n) is 6.58. The van der Waals surface area contributed by atoms with E-state index in [0.717, 1.165) is 28.8 Å². The molecule has 0 spiro atoms. The monoisotopic (exact) mass is 426 g/mol. The van der Waals surface area contributed by atoms with E-state index in [9.17, 15) is 22.0 Å². The molecule has 2 aromatic rings. The first-order valence-electron chi connectivity index (χ1n) is 8.77. The zero-order chi connectivity index (χ0) is 21.2. The normalized spacial score (nSPS) is 16.8. The van der Waals surface area contributed by atoms with E-state index < -0.39 is 39.7 Å². The first-order valence-corrected chi connectivity index (χ1v) is 10.6. The summed E-state index contributed by atoms with van der Waals surface area (Å²) in [6.45, 7) is 1.64. The molecule has 10 heteroatoms. The highest BCUT2D eigenvalue weighted by Crippen LogP contribution is 2.30. The molecule has 0 bridgehead atoms. The number of carbonyl (C=O) groups is 1. The van der Waals surface area contributed by atoms with Crippen LogP contribution in [-0.2, 0) is 14.8 Å². The van der Waals surface area contributed by atoms with Gasteiger partial charge in [-0.25, -0.2) is 17.2 Å². The second kappa shape index (κ2) is 8.24. The van der Waals surface area contributed by atoms with E-state index in [4.69, 9.17) is 9.47 Å². The average Bonchev–Trinajstić information content (AvgIpc) is 2.67. The average molecular weight is 426 g/mol. The number of nitrogens with one attached hydrogen (secondary N) is 1. The zero-order valence-corrected chi connectivity index (χ0v) is 16.6. The summed E-state index contributed by atoms with van der Waals surface area (Å²) >= 11 is 0. The Morgan fingerprint density at radius 2 is 1.90 bits per heavy atom. The molecule has 0 aliphatic carbocycles. The van der Waals surface area contributed by atoms with Crippen LogP contribution in [0.25, 0.3) is 0 Å². The standard InChI is InChI=1S/C19H20F2N2O5S/c1-12(23(29(2,25)26)13-7-8-15(20)16(21)9-13)19(24)22-10-14-11-27-17-5-3-4-6-18(17)28-14/h3-9,12,14H,10-11H2,1-2H3,(H,22,24)/t12-,14-/m1/s1. The van der Waals surface area contributed by atoms with Crippen LogP contribution in [0, 0.1) is 11.6 Å². The van der Waals surface area contributed by atoms with Crippen LogP contribution in [0.3, 0.4) is 0 Å². The van der Waals surface area contributed by atoms with E-state index in [1.54, 1.807) is 18.2 Å². The Kier molecular flexibility index (Phi) is 5.92. The largest absolute Gasteiger partial charge is 0.486 e. The minimum absolute atomic E-state index is 0.0763. The highest BCUT2D eigenvalue weighted by atomic mass is 32.2. The smallest absolute Gasteiger partial charge is 0.243 e. The van der Waals surface area contributed by atoms with Crippen LogP contribution in [-0.4, -0.2) is 45.9 Å².